The summed E-state index contributed by atoms with van der Waals surface area (Å²) in [6.07, 6.45) is 5.10. The van der Waals surface area contributed by atoms with Crippen molar-refractivity contribution in [3.05, 3.63) is 88.9 Å². The Morgan fingerprint density at radius 2 is 1.72 bits per heavy atom. The molecule has 0 aliphatic carbocycles. The fourth-order valence-electron chi connectivity index (χ4n) is 8.20. The van der Waals surface area contributed by atoms with Crippen molar-refractivity contribution in [2.24, 2.45) is 18.9 Å². The number of benzene rings is 2. The van der Waals surface area contributed by atoms with E-state index < -0.39 is 16.1 Å². The Morgan fingerprint density at radius 1 is 0.981 bits per heavy atom. The molecule has 12 heteroatoms. The summed E-state index contributed by atoms with van der Waals surface area (Å²) in [6, 6.07) is 15.2. The van der Waals surface area contributed by atoms with Crippen LogP contribution < -0.4 is 9.46 Å². The van der Waals surface area contributed by atoms with Crippen LogP contribution in [0.5, 0.6) is 5.88 Å². The summed E-state index contributed by atoms with van der Waals surface area (Å²) >= 11 is 0. The van der Waals surface area contributed by atoms with Crippen LogP contribution in [0.4, 0.5) is 5.95 Å². The van der Waals surface area contributed by atoms with Gasteiger partial charge >= 0.3 is 0 Å². The first-order chi connectivity index (χ1) is 25.1. The first-order valence-electron chi connectivity index (χ1n) is 18.5. The zero-order valence-corrected chi connectivity index (χ0v) is 32.7. The van der Waals surface area contributed by atoms with E-state index in [2.05, 4.69) is 59.9 Å². The molecule has 5 aromatic rings. The molecule has 2 aliphatic rings. The number of hydrogen-bond acceptors (Lipinski definition) is 8. The number of amides is 1. The van der Waals surface area contributed by atoms with Crippen molar-refractivity contribution in [1.82, 2.24) is 29.4 Å². The first kappa shape index (κ1) is 36.5. The minimum absolute atomic E-state index is 0.0625. The molecule has 1 amide bonds. The van der Waals surface area contributed by atoms with Gasteiger partial charge in [0.05, 0.1) is 34.6 Å². The third kappa shape index (κ3) is 7.13. The highest BCUT2D eigenvalue weighted by molar-refractivity contribution is 7.92. The highest BCUT2D eigenvalue weighted by atomic mass is 32.2. The highest BCUT2D eigenvalue weighted by Gasteiger charge is 2.41. The van der Waals surface area contributed by atoms with Gasteiger partial charge in [0.15, 0.2) is 5.65 Å². The number of rotatable bonds is 4. The number of carbonyl (C=O) groups is 1. The Bertz CT molecular complexity index is 2290. The lowest BCUT2D eigenvalue weighted by molar-refractivity contribution is 0.0354. The monoisotopic (exact) mass is 735 g/mol. The third-order valence-electron chi connectivity index (χ3n) is 10.6. The molecule has 3 aromatic heterocycles. The van der Waals surface area contributed by atoms with E-state index in [0.29, 0.717) is 23.7 Å². The van der Waals surface area contributed by atoms with Crippen LogP contribution in [0.3, 0.4) is 0 Å². The highest BCUT2D eigenvalue weighted by Crippen LogP contribution is 2.40. The van der Waals surface area contributed by atoms with Gasteiger partial charge in [-0.1, -0.05) is 65.3 Å². The van der Waals surface area contributed by atoms with Crippen LogP contribution in [0, 0.1) is 25.7 Å². The molecule has 278 valence electrons. The van der Waals surface area contributed by atoms with E-state index in [0.717, 1.165) is 52.8 Å². The first-order valence-corrected chi connectivity index (χ1v) is 20.0. The van der Waals surface area contributed by atoms with Crippen LogP contribution in [0.15, 0.2) is 65.7 Å². The van der Waals surface area contributed by atoms with Gasteiger partial charge in [-0.15, -0.1) is 0 Å². The topological polar surface area (TPSA) is 132 Å². The largest absolute Gasteiger partial charge is 0.475 e. The van der Waals surface area contributed by atoms with Crippen LogP contribution in [-0.2, 0) is 22.5 Å². The number of sulfonamides is 1. The molecule has 0 spiro atoms. The minimum Gasteiger partial charge on any atom is -0.475 e. The summed E-state index contributed by atoms with van der Waals surface area (Å²) in [5, 5.41) is 0. The zero-order valence-electron chi connectivity index (χ0n) is 31.8. The van der Waals surface area contributed by atoms with Gasteiger partial charge in [0.1, 0.15) is 12.1 Å². The van der Waals surface area contributed by atoms with Crippen molar-refractivity contribution in [3.63, 3.8) is 0 Å². The number of aryl methyl sites for hydroxylation is 3. The predicted octanol–water partition coefficient (Wildman–Crippen LogP) is 7.93. The summed E-state index contributed by atoms with van der Waals surface area (Å²) in [5.74, 6) is 0.294. The molecular weight excluding hydrogens is 687 g/mol. The molecule has 1 fully saturated rings. The second-order valence-corrected chi connectivity index (χ2v) is 17.8. The van der Waals surface area contributed by atoms with Crippen molar-refractivity contribution in [1.29, 1.82) is 0 Å². The molecule has 0 saturated carbocycles. The molecule has 1 N–H and O–H groups in total. The predicted molar refractivity (Wildman–Crippen MR) is 206 cm³/mol. The number of anilines is 1. The number of hydrogen-bond donors (Lipinski definition) is 1. The maximum Gasteiger partial charge on any atom is 0.264 e. The quantitative estimate of drug-likeness (QED) is 0.197. The zero-order chi connectivity index (χ0) is 37.8. The Kier molecular flexibility index (Phi) is 9.55. The molecule has 2 aliphatic heterocycles. The molecular formula is C41H49N7O4S. The van der Waals surface area contributed by atoms with Crippen LogP contribution in [0.25, 0.3) is 22.4 Å². The fourth-order valence-corrected chi connectivity index (χ4v) is 9.19. The Labute approximate surface area is 312 Å². The number of fused-ring (bicyclic) bond motifs is 6. The SMILES string of the molecule is Cc1cccc(C)c1-c1cc2nc(n1)NS(=O)(=O)c1cccc(c1)C(=O)N1[C@H](c3cnc4cc(C(C)(C)C)n(C)c4n3)CCC[C@@H](CC(C)C)[C@@H]1CO2. The van der Waals surface area contributed by atoms with Crippen molar-refractivity contribution in [3.8, 4) is 17.1 Å². The van der Waals surface area contributed by atoms with E-state index in [1.165, 1.54) is 12.1 Å². The number of aromatic nitrogens is 5. The average Bonchev–Trinajstić information content (AvgIpc) is 3.33. The molecule has 2 aromatic carbocycles. The molecule has 0 unspecified atom stereocenters. The van der Waals surface area contributed by atoms with Crippen molar-refractivity contribution >= 4 is 33.0 Å². The van der Waals surface area contributed by atoms with Crippen molar-refractivity contribution < 1.29 is 17.9 Å². The van der Waals surface area contributed by atoms with E-state index >= 15 is 4.79 Å². The molecule has 7 rings (SSSR count). The number of nitrogens with zero attached hydrogens (tertiary/aromatic N) is 6. The standard InChI is InChI=1S/C41H49N7O4S/c1-24(2)18-27-14-11-17-33(32-22-42-31-20-35(41(5,6)7)47(8)38(31)43-32)48-34(27)23-52-36-21-30(37-25(3)12-9-13-26(37)4)44-40(45-36)46-53(50,51)29-16-10-15-28(19-29)39(48)49/h9-10,12-13,15-16,19-22,24,27,33-34H,11,14,17-18,23H2,1-8H3,(H,44,45,46)/t27-,33-,34-/m0/s1. The lowest BCUT2D eigenvalue weighted by Crippen LogP contribution is -2.49. The molecule has 1 saturated heterocycles. The lowest BCUT2D eigenvalue weighted by Gasteiger charge is -2.39. The van der Waals surface area contributed by atoms with Crippen LogP contribution >= 0.6 is 0 Å². The maximum atomic E-state index is 15.1. The van der Waals surface area contributed by atoms with Crippen LogP contribution in [-0.4, -0.2) is 56.4 Å². The van der Waals surface area contributed by atoms with E-state index in [4.69, 9.17) is 14.7 Å². The van der Waals surface area contributed by atoms with Crippen LogP contribution in [0.1, 0.15) is 99.2 Å². The second-order valence-electron chi connectivity index (χ2n) is 16.1. The summed E-state index contributed by atoms with van der Waals surface area (Å²) in [6.45, 7) is 15.0. The molecule has 0 radical (unpaired) electrons. The van der Waals surface area contributed by atoms with E-state index in [9.17, 15) is 8.42 Å². The van der Waals surface area contributed by atoms with Gasteiger partial charge < -0.3 is 14.2 Å². The average molecular weight is 736 g/mol. The van der Waals surface area contributed by atoms with E-state index in [1.54, 1.807) is 24.4 Å². The van der Waals surface area contributed by atoms with E-state index in [1.807, 2.05) is 44.0 Å². The fraction of sp³-hybridized carbons (Fsp3) is 0.439. The summed E-state index contributed by atoms with van der Waals surface area (Å²) in [4.78, 5) is 36.3. The molecule has 3 atom stereocenters. The van der Waals surface area contributed by atoms with Crippen molar-refractivity contribution in [2.75, 3.05) is 11.3 Å². The summed E-state index contributed by atoms with van der Waals surface area (Å²) < 4.78 is 39.1. The van der Waals surface area contributed by atoms with Crippen LogP contribution in [0.2, 0.25) is 0 Å². The number of nitrogens with one attached hydrogen (secondary N) is 1. The molecule has 53 heavy (non-hydrogen) atoms. The van der Waals surface area contributed by atoms with Crippen molar-refractivity contribution in [2.45, 2.75) is 96.5 Å². The Morgan fingerprint density at radius 3 is 2.43 bits per heavy atom. The van der Waals surface area contributed by atoms with Gasteiger partial charge in [-0.3, -0.25) is 9.78 Å². The summed E-state index contributed by atoms with van der Waals surface area (Å²) in [5.41, 5.74) is 6.90. The number of ether oxygens (including phenoxy) is 1. The smallest absolute Gasteiger partial charge is 0.264 e. The maximum absolute atomic E-state index is 15.1. The second kappa shape index (κ2) is 13.9. The normalized spacial score (nSPS) is 20.4. The Balaban J connectivity index is 1.42. The van der Waals surface area contributed by atoms with Gasteiger partial charge in [0.25, 0.3) is 15.9 Å². The van der Waals surface area contributed by atoms with Gasteiger partial charge in [-0.25, -0.2) is 23.1 Å². The summed E-state index contributed by atoms with van der Waals surface area (Å²) in [7, 11) is -2.18. The Hall–Kier alpha value is -4.84. The lowest BCUT2D eigenvalue weighted by atomic mass is 9.87. The number of carbonyl (C=O) groups excluding carboxylic acids is 1. The van der Waals surface area contributed by atoms with Gasteiger partial charge in [0, 0.05) is 35.3 Å². The molecule has 11 nitrogen and oxygen atoms in total. The van der Waals surface area contributed by atoms with Gasteiger partial charge in [0.2, 0.25) is 11.8 Å². The van der Waals surface area contributed by atoms with Gasteiger partial charge in [-0.05, 0) is 80.3 Å². The van der Waals surface area contributed by atoms with E-state index in [-0.39, 0.29) is 52.2 Å². The molecule has 4 bridgehead atoms. The molecule has 5 heterocycles. The third-order valence-corrected chi connectivity index (χ3v) is 11.9. The minimum atomic E-state index is -4.20. The van der Waals surface area contributed by atoms with Gasteiger partial charge in [-0.2, -0.15) is 4.98 Å².